The van der Waals surface area contributed by atoms with Gasteiger partial charge in [-0.05, 0) is 96.3 Å². The number of unbranched alkanes of at least 4 members (excludes halogenated alkanes) is 8. The molecular weight excluding hydrogens is 763 g/mol. The topological polar surface area (TPSA) is 102 Å². The normalized spacial score (nSPS) is 13.9. The van der Waals surface area contributed by atoms with Gasteiger partial charge < -0.3 is 28.6 Å². The maximum atomic E-state index is 12.7. The standard InChI is InChI=1S/C53H85NO7/c1-6-8-10-12-14-16-18-20-22-23-24-25-26-27-28-29-30-32-34-36-38-40-42-44-52(56)61-49(47-59-46-45-50(53(57)58)54(3,4)5)48-60-51(55)43-41-39-37-35-33-31-21-19-17-15-13-11-9-7-2/h8-11,14-17,20-22,24-25,27-28,30-32,49-50H,6-7,12-13,18-19,23,26,29,33-48H2,1-5H3/b10-8+,11-9+,16-14+,17-15+,22-20+,25-24+,28-27+,31-21+,32-30+. The molecule has 0 saturated heterocycles. The molecule has 0 spiro atoms. The number of rotatable bonds is 40. The fourth-order valence-corrected chi connectivity index (χ4v) is 6.09. The van der Waals surface area contributed by atoms with Crippen molar-refractivity contribution >= 4 is 17.9 Å². The minimum Gasteiger partial charge on any atom is -0.544 e. The summed E-state index contributed by atoms with van der Waals surface area (Å²) in [5, 5.41) is 11.6. The predicted octanol–water partition coefficient (Wildman–Crippen LogP) is 11.9. The Bertz CT molecular complexity index is 1360. The summed E-state index contributed by atoms with van der Waals surface area (Å²) in [6.45, 7) is 4.36. The Morgan fingerprint density at radius 1 is 0.492 bits per heavy atom. The summed E-state index contributed by atoms with van der Waals surface area (Å²) < 4.78 is 17.1. The van der Waals surface area contributed by atoms with Crippen molar-refractivity contribution in [3.63, 3.8) is 0 Å². The molecule has 8 nitrogen and oxygen atoms in total. The number of aliphatic carboxylic acids is 1. The molecule has 0 amide bonds. The minimum atomic E-state index is -1.14. The molecule has 0 aliphatic rings. The van der Waals surface area contributed by atoms with Crippen LogP contribution in [-0.2, 0) is 28.6 Å². The van der Waals surface area contributed by atoms with Crippen LogP contribution < -0.4 is 5.11 Å². The molecule has 61 heavy (non-hydrogen) atoms. The van der Waals surface area contributed by atoms with E-state index < -0.39 is 18.1 Å². The highest BCUT2D eigenvalue weighted by Gasteiger charge is 2.25. The van der Waals surface area contributed by atoms with Crippen molar-refractivity contribution in [2.75, 3.05) is 41.0 Å². The Morgan fingerprint density at radius 2 is 0.869 bits per heavy atom. The first-order valence-corrected chi connectivity index (χ1v) is 23.4. The number of quaternary nitrogens is 1. The number of carbonyl (C=O) groups is 3. The largest absolute Gasteiger partial charge is 0.544 e. The molecule has 0 N–H and O–H groups in total. The van der Waals surface area contributed by atoms with E-state index in [0.717, 1.165) is 122 Å². The van der Waals surface area contributed by atoms with Gasteiger partial charge in [0.1, 0.15) is 12.6 Å². The van der Waals surface area contributed by atoms with Gasteiger partial charge in [-0.3, -0.25) is 9.59 Å². The van der Waals surface area contributed by atoms with E-state index in [0.29, 0.717) is 6.42 Å². The highest BCUT2D eigenvalue weighted by atomic mass is 16.6. The Kier molecular flexibility index (Phi) is 39.9. The number of carboxylic acid groups (broad SMARTS) is 1. The zero-order valence-corrected chi connectivity index (χ0v) is 39.0. The number of carbonyl (C=O) groups excluding carboxylic acids is 3. The van der Waals surface area contributed by atoms with Gasteiger partial charge in [0.15, 0.2) is 6.10 Å². The van der Waals surface area contributed by atoms with Crippen LogP contribution in [0.25, 0.3) is 0 Å². The quantitative estimate of drug-likeness (QED) is 0.0262. The zero-order chi connectivity index (χ0) is 44.9. The minimum absolute atomic E-state index is 0.0150. The van der Waals surface area contributed by atoms with Gasteiger partial charge in [0, 0.05) is 19.3 Å². The summed E-state index contributed by atoms with van der Waals surface area (Å²) in [6.07, 6.45) is 58.3. The van der Waals surface area contributed by atoms with Crippen LogP contribution >= 0.6 is 0 Å². The fourth-order valence-electron chi connectivity index (χ4n) is 6.09. The smallest absolute Gasteiger partial charge is 0.306 e. The fraction of sp³-hybridized carbons (Fsp3) is 0.604. The van der Waals surface area contributed by atoms with Crippen molar-refractivity contribution in [2.45, 2.75) is 167 Å². The van der Waals surface area contributed by atoms with Gasteiger partial charge in [-0.1, -0.05) is 149 Å². The van der Waals surface area contributed by atoms with Crippen molar-refractivity contribution in [2.24, 2.45) is 0 Å². The van der Waals surface area contributed by atoms with Crippen molar-refractivity contribution in [1.82, 2.24) is 0 Å². The molecule has 344 valence electrons. The number of ether oxygens (including phenoxy) is 3. The highest BCUT2D eigenvalue weighted by Crippen LogP contribution is 2.12. The first-order chi connectivity index (χ1) is 29.6. The molecule has 0 heterocycles. The van der Waals surface area contributed by atoms with Crippen molar-refractivity contribution in [3.8, 4) is 0 Å². The second kappa shape index (κ2) is 42.7. The molecule has 2 atom stereocenters. The molecule has 0 saturated carbocycles. The summed E-state index contributed by atoms with van der Waals surface area (Å²) >= 11 is 0. The van der Waals surface area contributed by atoms with E-state index in [9.17, 15) is 19.5 Å². The number of hydrogen-bond acceptors (Lipinski definition) is 7. The van der Waals surface area contributed by atoms with Crippen LogP contribution in [-0.4, -0.2) is 75.5 Å². The molecule has 0 rings (SSSR count). The van der Waals surface area contributed by atoms with Crippen LogP contribution in [0.15, 0.2) is 109 Å². The Hall–Kier alpha value is -4.01. The first-order valence-electron chi connectivity index (χ1n) is 23.4. The predicted molar refractivity (Wildman–Crippen MR) is 254 cm³/mol. The molecule has 0 aromatic heterocycles. The molecular formula is C53H85NO7. The number of carboxylic acids is 1. The lowest BCUT2D eigenvalue weighted by Crippen LogP contribution is -2.55. The van der Waals surface area contributed by atoms with Gasteiger partial charge in [-0.15, -0.1) is 0 Å². The van der Waals surface area contributed by atoms with Gasteiger partial charge in [0.25, 0.3) is 0 Å². The summed E-state index contributed by atoms with van der Waals surface area (Å²) in [5.41, 5.74) is 0. The van der Waals surface area contributed by atoms with Gasteiger partial charge in [-0.25, -0.2) is 0 Å². The molecule has 0 aliphatic carbocycles. The monoisotopic (exact) mass is 848 g/mol. The number of esters is 2. The maximum absolute atomic E-state index is 12.7. The molecule has 8 heteroatoms. The average molecular weight is 848 g/mol. The third-order valence-electron chi connectivity index (χ3n) is 9.65. The van der Waals surface area contributed by atoms with E-state index in [4.69, 9.17) is 14.2 Å². The van der Waals surface area contributed by atoms with Gasteiger partial charge >= 0.3 is 11.9 Å². The summed E-state index contributed by atoms with van der Waals surface area (Å²) in [5.74, 6) is -1.81. The van der Waals surface area contributed by atoms with Crippen molar-refractivity contribution in [1.29, 1.82) is 0 Å². The van der Waals surface area contributed by atoms with Crippen molar-refractivity contribution in [3.05, 3.63) is 109 Å². The number of hydrogen-bond donors (Lipinski definition) is 0. The van der Waals surface area contributed by atoms with Crippen LogP contribution in [0.1, 0.15) is 155 Å². The van der Waals surface area contributed by atoms with Gasteiger partial charge in [-0.2, -0.15) is 0 Å². The molecule has 2 unspecified atom stereocenters. The van der Waals surface area contributed by atoms with Gasteiger partial charge in [0.2, 0.25) is 0 Å². The zero-order valence-electron chi connectivity index (χ0n) is 39.0. The SMILES string of the molecule is CC/C=C/C/C=C/C/C=C/C/C=C/C/C=C/C/C=C/CCCCCCC(=O)OC(COCCC(C(=O)[O-])[N+](C)(C)C)COC(=O)CCCCCC/C=C/C/C=C/C/C=C/CC. The summed E-state index contributed by atoms with van der Waals surface area (Å²) in [4.78, 5) is 36.9. The Labute approximate surface area is 372 Å². The van der Waals surface area contributed by atoms with E-state index in [1.807, 2.05) is 0 Å². The lowest BCUT2D eigenvalue weighted by atomic mass is 10.1. The van der Waals surface area contributed by atoms with E-state index in [-0.39, 0.29) is 49.1 Å². The van der Waals surface area contributed by atoms with E-state index in [2.05, 4.69) is 123 Å². The highest BCUT2D eigenvalue weighted by molar-refractivity contribution is 5.70. The lowest BCUT2D eigenvalue weighted by Gasteiger charge is -2.34. The van der Waals surface area contributed by atoms with Crippen LogP contribution in [0, 0.1) is 0 Å². The molecule has 0 aromatic rings. The van der Waals surface area contributed by atoms with Crippen LogP contribution in [0.4, 0.5) is 0 Å². The third-order valence-corrected chi connectivity index (χ3v) is 9.65. The van der Waals surface area contributed by atoms with E-state index >= 15 is 0 Å². The molecule has 0 fully saturated rings. The molecule has 0 radical (unpaired) electrons. The number of likely N-dealkylation sites (N-methyl/N-ethyl adjacent to an activating group) is 1. The second-order valence-corrected chi connectivity index (χ2v) is 16.2. The van der Waals surface area contributed by atoms with E-state index in [1.165, 1.54) is 0 Å². The maximum Gasteiger partial charge on any atom is 0.306 e. The Morgan fingerprint density at radius 3 is 1.26 bits per heavy atom. The number of nitrogens with zero attached hydrogens (tertiary/aromatic N) is 1. The lowest BCUT2D eigenvalue weighted by molar-refractivity contribution is -0.889. The first kappa shape index (κ1) is 57.0. The molecule has 0 aliphatic heterocycles. The van der Waals surface area contributed by atoms with Crippen LogP contribution in [0.2, 0.25) is 0 Å². The second-order valence-electron chi connectivity index (χ2n) is 16.2. The third kappa shape index (κ3) is 41.1. The van der Waals surface area contributed by atoms with Gasteiger partial charge in [0.05, 0.1) is 40.3 Å². The van der Waals surface area contributed by atoms with Crippen LogP contribution in [0.3, 0.4) is 0 Å². The number of allylic oxidation sites excluding steroid dienone is 18. The average Bonchev–Trinajstić information content (AvgIpc) is 3.22. The van der Waals surface area contributed by atoms with E-state index in [1.54, 1.807) is 21.1 Å². The summed E-state index contributed by atoms with van der Waals surface area (Å²) in [6, 6.07) is -0.741. The molecule has 0 aromatic carbocycles. The Balaban J connectivity index is 4.41. The van der Waals surface area contributed by atoms with Crippen LogP contribution in [0.5, 0.6) is 0 Å². The molecule has 0 bridgehead atoms. The van der Waals surface area contributed by atoms with Crippen molar-refractivity contribution < 1.29 is 38.2 Å². The summed E-state index contributed by atoms with van der Waals surface area (Å²) in [7, 11) is 5.38.